The van der Waals surface area contributed by atoms with Crippen LogP contribution in [0, 0.1) is 0 Å². The van der Waals surface area contributed by atoms with Gasteiger partial charge in [-0.15, -0.1) is 11.3 Å². The van der Waals surface area contributed by atoms with E-state index in [0.29, 0.717) is 0 Å². The van der Waals surface area contributed by atoms with E-state index in [2.05, 4.69) is 229 Å². The minimum atomic E-state index is -0.658. The summed E-state index contributed by atoms with van der Waals surface area (Å²) in [5, 5.41) is 2.61. The molecule has 3 aliphatic rings. The van der Waals surface area contributed by atoms with E-state index < -0.39 is 5.41 Å². The fourth-order valence-corrected chi connectivity index (χ4v) is 12.4. The molecule has 64 heavy (non-hydrogen) atoms. The van der Waals surface area contributed by atoms with Gasteiger partial charge in [0, 0.05) is 42.7 Å². The summed E-state index contributed by atoms with van der Waals surface area (Å²) >= 11 is 1.89. The minimum absolute atomic E-state index is 0.658. The summed E-state index contributed by atoms with van der Waals surface area (Å²) < 4.78 is 9.81. The third kappa shape index (κ3) is 4.85. The number of para-hydroxylation sites is 3. The maximum Gasteiger partial charge on any atom is 0.159 e. The summed E-state index contributed by atoms with van der Waals surface area (Å²) in [6.45, 7) is 0. The van der Waals surface area contributed by atoms with Gasteiger partial charge in [-0.3, -0.25) is 0 Å². The molecule has 0 fully saturated rings. The monoisotopic (exact) mass is 831 g/mol. The molecule has 3 heteroatoms. The summed E-state index contributed by atoms with van der Waals surface area (Å²) in [5.74, 6) is 1.67. The molecule has 0 N–H and O–H groups in total. The lowest BCUT2D eigenvalue weighted by Gasteiger charge is -2.36. The number of benzene rings is 10. The molecule has 14 rings (SSSR count). The maximum atomic E-state index is 7.18. The van der Waals surface area contributed by atoms with Crippen LogP contribution in [0.3, 0.4) is 0 Å². The third-order valence-corrected chi connectivity index (χ3v) is 15.0. The number of thiophene rings is 1. The van der Waals surface area contributed by atoms with Crippen molar-refractivity contribution in [2.24, 2.45) is 0 Å². The van der Waals surface area contributed by atoms with E-state index in [1.165, 1.54) is 75.8 Å². The van der Waals surface area contributed by atoms with Crippen LogP contribution in [-0.2, 0) is 5.41 Å². The van der Waals surface area contributed by atoms with E-state index >= 15 is 0 Å². The second-order valence-electron chi connectivity index (χ2n) is 17.1. The van der Waals surface area contributed by atoms with Crippen LogP contribution in [0.15, 0.2) is 224 Å². The van der Waals surface area contributed by atoms with Gasteiger partial charge >= 0.3 is 0 Å². The van der Waals surface area contributed by atoms with Crippen LogP contribution in [0.5, 0.6) is 11.5 Å². The summed E-state index contributed by atoms with van der Waals surface area (Å²) in [5.41, 5.74) is 19.6. The van der Waals surface area contributed by atoms with Gasteiger partial charge in [0.15, 0.2) is 5.75 Å². The van der Waals surface area contributed by atoms with Crippen molar-refractivity contribution in [1.29, 1.82) is 0 Å². The number of hydrogen-bond donors (Lipinski definition) is 0. The quantitative estimate of drug-likeness (QED) is 0.176. The molecular weight excluding hydrogens is 795 g/mol. The first-order chi connectivity index (χ1) is 31.8. The lowest BCUT2D eigenvalue weighted by Crippen LogP contribution is -2.29. The number of hydrogen-bond acceptors (Lipinski definition) is 3. The molecule has 10 aromatic carbocycles. The molecule has 1 atom stereocenters. The molecule has 2 heterocycles. The topological polar surface area (TPSA) is 12.5 Å². The molecular formula is C61H37NOS. The summed E-state index contributed by atoms with van der Waals surface area (Å²) in [7, 11) is 0. The fraction of sp³-hybridized carbons (Fsp3) is 0.0164. The van der Waals surface area contributed by atoms with E-state index in [0.717, 1.165) is 50.8 Å². The highest BCUT2D eigenvalue weighted by Crippen LogP contribution is 2.63. The SMILES string of the molecule is c1ccc(N(c2ccc3c(c2)C2(c4ccccc4-c4ccccc4-3)c3ccccc3-c3cc4sc5ccccc5c4cc32)c2cccc3c2Oc2ccccc2-c2ccccc2-3)cc1. The molecule has 11 aromatic rings. The van der Waals surface area contributed by atoms with Crippen LogP contribution in [0.2, 0.25) is 0 Å². The van der Waals surface area contributed by atoms with Crippen LogP contribution < -0.4 is 9.64 Å². The van der Waals surface area contributed by atoms with E-state index in [1.807, 2.05) is 11.3 Å². The molecule has 0 amide bonds. The van der Waals surface area contributed by atoms with Crippen molar-refractivity contribution in [3.8, 4) is 67.1 Å². The van der Waals surface area contributed by atoms with Crippen LogP contribution >= 0.6 is 11.3 Å². The highest BCUT2D eigenvalue weighted by atomic mass is 32.1. The van der Waals surface area contributed by atoms with Gasteiger partial charge in [0.1, 0.15) is 5.75 Å². The van der Waals surface area contributed by atoms with E-state index in [4.69, 9.17) is 4.74 Å². The fourth-order valence-electron chi connectivity index (χ4n) is 11.3. The van der Waals surface area contributed by atoms with Crippen molar-refractivity contribution in [3.63, 3.8) is 0 Å². The number of anilines is 3. The van der Waals surface area contributed by atoms with Crippen molar-refractivity contribution in [3.05, 3.63) is 247 Å². The Bertz CT molecular complexity index is 3730. The summed E-state index contributed by atoms with van der Waals surface area (Å²) in [6, 6.07) is 82.9. The Balaban J connectivity index is 1.11. The van der Waals surface area contributed by atoms with Crippen molar-refractivity contribution in [2.75, 3.05) is 4.90 Å². The molecule has 2 nitrogen and oxygen atoms in total. The second kappa shape index (κ2) is 13.5. The van der Waals surface area contributed by atoms with Gasteiger partial charge in [-0.1, -0.05) is 170 Å². The van der Waals surface area contributed by atoms with Crippen molar-refractivity contribution in [2.45, 2.75) is 5.41 Å². The lowest BCUT2D eigenvalue weighted by molar-refractivity contribution is 0.489. The predicted molar refractivity (Wildman–Crippen MR) is 267 cm³/mol. The van der Waals surface area contributed by atoms with Gasteiger partial charge < -0.3 is 9.64 Å². The smallest absolute Gasteiger partial charge is 0.159 e. The average molecular weight is 832 g/mol. The van der Waals surface area contributed by atoms with E-state index in [-0.39, 0.29) is 0 Å². The first kappa shape index (κ1) is 35.6. The van der Waals surface area contributed by atoms with Gasteiger partial charge in [0.2, 0.25) is 0 Å². The number of fused-ring (bicyclic) bond motifs is 20. The number of rotatable bonds is 3. The van der Waals surface area contributed by atoms with E-state index in [1.54, 1.807) is 0 Å². The molecule has 1 aliphatic heterocycles. The zero-order chi connectivity index (χ0) is 41.9. The highest BCUT2D eigenvalue weighted by Gasteiger charge is 2.50. The van der Waals surface area contributed by atoms with E-state index in [9.17, 15) is 0 Å². The lowest BCUT2D eigenvalue weighted by atomic mass is 9.65. The molecule has 1 unspecified atom stereocenters. The first-order valence-electron chi connectivity index (χ1n) is 22.0. The molecule has 1 aromatic heterocycles. The zero-order valence-electron chi connectivity index (χ0n) is 34.6. The van der Waals surface area contributed by atoms with Crippen LogP contribution in [0.4, 0.5) is 17.1 Å². The Morgan fingerprint density at radius 1 is 0.328 bits per heavy atom. The third-order valence-electron chi connectivity index (χ3n) is 13.9. The highest BCUT2D eigenvalue weighted by molar-refractivity contribution is 7.25. The van der Waals surface area contributed by atoms with Gasteiger partial charge in [-0.2, -0.15) is 0 Å². The second-order valence-corrected chi connectivity index (χ2v) is 18.2. The molecule has 0 bridgehead atoms. The predicted octanol–water partition coefficient (Wildman–Crippen LogP) is 17.0. The van der Waals surface area contributed by atoms with Crippen LogP contribution in [-0.4, -0.2) is 0 Å². The van der Waals surface area contributed by atoms with Crippen LogP contribution in [0.25, 0.3) is 75.8 Å². The van der Waals surface area contributed by atoms with Crippen LogP contribution in [0.1, 0.15) is 22.3 Å². The Labute approximate surface area is 375 Å². The number of nitrogens with zero attached hydrogens (tertiary/aromatic N) is 1. The first-order valence-corrected chi connectivity index (χ1v) is 22.8. The Kier molecular flexibility index (Phi) is 7.51. The summed E-state index contributed by atoms with van der Waals surface area (Å²) in [6.07, 6.45) is 0. The average Bonchev–Trinajstić information content (AvgIpc) is 3.77. The van der Waals surface area contributed by atoms with Gasteiger partial charge in [-0.25, -0.2) is 0 Å². The Morgan fingerprint density at radius 2 is 0.875 bits per heavy atom. The normalized spacial score (nSPS) is 14.8. The standard InChI is InChI=1S/C61H37NOS/c1-2-17-38(18-3-1)62(56-30-16-27-49-43-22-7-6-21-42(43)47-25-10-14-31-57(47)63-60(49)56)39-33-34-46-41-20-5-4-19-40(41)44-23-8-12-28-52(44)61(54(46)35-39)53-29-13-9-24-45(53)50-37-59-51(36-55(50)61)48-26-11-15-32-58(48)64-59/h1-37H. The minimum Gasteiger partial charge on any atom is -0.454 e. The number of ether oxygens (including phenoxy) is 1. The van der Waals surface area contributed by atoms with Crippen molar-refractivity contribution >= 4 is 48.6 Å². The van der Waals surface area contributed by atoms with Gasteiger partial charge in [0.05, 0.1) is 11.1 Å². The van der Waals surface area contributed by atoms with Gasteiger partial charge in [-0.05, 0) is 121 Å². The zero-order valence-corrected chi connectivity index (χ0v) is 35.4. The summed E-state index contributed by atoms with van der Waals surface area (Å²) in [4.78, 5) is 2.41. The van der Waals surface area contributed by atoms with Crippen molar-refractivity contribution < 1.29 is 4.74 Å². The Morgan fingerprint density at radius 3 is 1.62 bits per heavy atom. The largest absolute Gasteiger partial charge is 0.454 e. The molecule has 2 aliphatic carbocycles. The maximum absolute atomic E-state index is 7.18. The van der Waals surface area contributed by atoms with Crippen molar-refractivity contribution in [1.82, 2.24) is 0 Å². The molecule has 0 radical (unpaired) electrons. The molecule has 298 valence electrons. The molecule has 0 saturated carbocycles. The molecule has 1 spiro atoms. The Hall–Kier alpha value is -7.98. The van der Waals surface area contributed by atoms with Gasteiger partial charge in [0.25, 0.3) is 0 Å². The molecule has 0 saturated heterocycles.